The zero-order valence-corrected chi connectivity index (χ0v) is 12.3. The highest BCUT2D eigenvalue weighted by Gasteiger charge is 2.42. The Morgan fingerprint density at radius 3 is 2.86 bits per heavy atom. The summed E-state index contributed by atoms with van der Waals surface area (Å²) in [4.78, 5) is 26.7. The number of benzene rings is 1. The maximum Gasteiger partial charge on any atom is 0.249 e. The molecular weight excluding hydrogens is 294 g/mol. The third kappa shape index (κ3) is 2.15. The van der Waals surface area contributed by atoms with Crippen molar-refractivity contribution in [1.82, 2.24) is 5.32 Å². The van der Waals surface area contributed by atoms with E-state index in [1.165, 1.54) is 0 Å². The number of halogens is 1. The number of anilines is 2. The first kappa shape index (κ1) is 14.2. The van der Waals surface area contributed by atoms with Crippen LogP contribution >= 0.6 is 11.6 Å². The minimum atomic E-state index is -0.951. The Kier molecular flexibility index (Phi) is 3.51. The number of fused-ring (bicyclic) bond motifs is 1. The van der Waals surface area contributed by atoms with Gasteiger partial charge in [0.25, 0.3) is 0 Å². The molecule has 0 aromatic heterocycles. The summed E-state index contributed by atoms with van der Waals surface area (Å²) >= 11 is 5.95. The lowest BCUT2D eigenvalue weighted by Crippen LogP contribution is -2.56. The van der Waals surface area contributed by atoms with Crippen LogP contribution in [0.15, 0.2) is 18.2 Å². The fourth-order valence-electron chi connectivity index (χ4n) is 3.00. The molecule has 2 N–H and O–H groups in total. The highest BCUT2D eigenvalue weighted by atomic mass is 35.5. The topological polar surface area (TPSA) is 72.9 Å². The molecule has 1 saturated heterocycles. The quantitative estimate of drug-likeness (QED) is 0.623. The van der Waals surface area contributed by atoms with Gasteiger partial charge in [0.05, 0.1) is 11.4 Å². The van der Waals surface area contributed by atoms with Crippen LogP contribution in [-0.4, -0.2) is 36.4 Å². The summed E-state index contributed by atoms with van der Waals surface area (Å²) < 4.78 is 0. The van der Waals surface area contributed by atoms with Crippen LogP contribution < -0.4 is 15.1 Å². The van der Waals surface area contributed by atoms with Crippen molar-refractivity contribution in [2.24, 2.45) is 0 Å². The van der Waals surface area contributed by atoms with Gasteiger partial charge in [-0.2, -0.15) is 0 Å². The van der Waals surface area contributed by atoms with Gasteiger partial charge in [0.2, 0.25) is 18.2 Å². The zero-order valence-electron chi connectivity index (χ0n) is 11.5. The molecule has 0 spiro atoms. The number of rotatable bonds is 2. The van der Waals surface area contributed by atoms with Gasteiger partial charge in [0.15, 0.2) is 0 Å². The molecule has 2 atom stereocenters. The predicted octanol–water partition coefficient (Wildman–Crippen LogP) is 0.763. The first-order valence-electron chi connectivity index (χ1n) is 6.75. The van der Waals surface area contributed by atoms with Crippen molar-refractivity contribution < 1.29 is 14.7 Å². The minimum Gasteiger partial charge on any atom is -0.356 e. The molecule has 2 amide bonds. The van der Waals surface area contributed by atoms with Gasteiger partial charge >= 0.3 is 0 Å². The average Bonchev–Trinajstić information content (AvgIpc) is 2.72. The molecule has 1 aromatic rings. The SMILES string of the molecule is CN1c2c(CCl)cccc2N(C2CCC(=O)NC2=O)C1O. The van der Waals surface area contributed by atoms with Gasteiger partial charge in [0.1, 0.15) is 6.04 Å². The maximum atomic E-state index is 12.1. The molecule has 2 aliphatic heterocycles. The number of hydrogen-bond donors (Lipinski definition) is 2. The minimum absolute atomic E-state index is 0.270. The van der Waals surface area contributed by atoms with E-state index in [0.717, 1.165) is 16.9 Å². The van der Waals surface area contributed by atoms with E-state index >= 15 is 0 Å². The van der Waals surface area contributed by atoms with Gasteiger partial charge in [-0.05, 0) is 18.1 Å². The number of hydrogen-bond acceptors (Lipinski definition) is 5. The van der Waals surface area contributed by atoms with Gasteiger partial charge in [0, 0.05) is 19.3 Å². The molecule has 6 nitrogen and oxygen atoms in total. The van der Waals surface area contributed by atoms with Crippen molar-refractivity contribution in [1.29, 1.82) is 0 Å². The summed E-state index contributed by atoms with van der Waals surface area (Å²) in [7, 11) is 1.76. The van der Waals surface area contributed by atoms with Gasteiger partial charge in [-0.15, -0.1) is 11.6 Å². The molecule has 2 aliphatic rings. The third-order valence-electron chi connectivity index (χ3n) is 4.01. The molecule has 1 aromatic carbocycles. The lowest BCUT2D eigenvalue weighted by molar-refractivity contribution is -0.134. The van der Waals surface area contributed by atoms with Crippen LogP contribution in [0.5, 0.6) is 0 Å². The van der Waals surface area contributed by atoms with E-state index in [9.17, 15) is 14.7 Å². The van der Waals surface area contributed by atoms with Crippen LogP contribution in [0, 0.1) is 0 Å². The van der Waals surface area contributed by atoms with E-state index < -0.39 is 12.4 Å². The van der Waals surface area contributed by atoms with Crippen LogP contribution in [-0.2, 0) is 15.5 Å². The van der Waals surface area contributed by atoms with E-state index in [0.29, 0.717) is 12.3 Å². The Morgan fingerprint density at radius 2 is 2.19 bits per heavy atom. The van der Waals surface area contributed by atoms with E-state index in [-0.39, 0.29) is 18.2 Å². The second-order valence-electron chi connectivity index (χ2n) is 5.25. The van der Waals surface area contributed by atoms with Crippen LogP contribution in [0.3, 0.4) is 0 Å². The smallest absolute Gasteiger partial charge is 0.249 e. The summed E-state index contributed by atoms with van der Waals surface area (Å²) in [5.74, 6) is -0.320. The Labute approximate surface area is 127 Å². The molecule has 2 unspecified atom stereocenters. The number of amides is 2. The molecule has 112 valence electrons. The van der Waals surface area contributed by atoms with Gasteiger partial charge < -0.3 is 14.9 Å². The fourth-order valence-corrected chi connectivity index (χ4v) is 3.22. The Bertz CT molecular complexity index is 607. The van der Waals surface area contributed by atoms with E-state index in [1.807, 2.05) is 18.2 Å². The van der Waals surface area contributed by atoms with Crippen molar-refractivity contribution in [3.63, 3.8) is 0 Å². The van der Waals surface area contributed by atoms with Crippen LogP contribution in [0.4, 0.5) is 11.4 Å². The largest absolute Gasteiger partial charge is 0.356 e. The van der Waals surface area contributed by atoms with E-state index in [4.69, 9.17) is 11.6 Å². The molecule has 0 radical (unpaired) electrons. The molecular formula is C14H16ClN3O3. The maximum absolute atomic E-state index is 12.1. The van der Waals surface area contributed by atoms with Crippen LogP contribution in [0.25, 0.3) is 0 Å². The van der Waals surface area contributed by atoms with Gasteiger partial charge in [-0.1, -0.05) is 12.1 Å². The van der Waals surface area contributed by atoms with Crippen molar-refractivity contribution in [2.75, 3.05) is 16.8 Å². The number of carbonyl (C=O) groups excluding carboxylic acids is 2. The summed E-state index contributed by atoms with van der Waals surface area (Å²) in [6.07, 6.45) is -0.290. The lowest BCUT2D eigenvalue weighted by Gasteiger charge is -2.34. The molecule has 0 saturated carbocycles. The molecule has 3 rings (SSSR count). The van der Waals surface area contributed by atoms with E-state index in [1.54, 1.807) is 16.8 Å². The number of alkyl halides is 1. The monoisotopic (exact) mass is 309 g/mol. The standard InChI is InChI=1S/C14H16ClN3O3/c1-17-12-8(7-15)3-2-4-9(12)18(14(17)21)10-5-6-11(19)16-13(10)20/h2-4,10,14,21H,5-7H2,1H3,(H,16,19,20). The highest BCUT2D eigenvalue weighted by Crippen LogP contribution is 2.43. The average molecular weight is 310 g/mol. The fraction of sp³-hybridized carbons (Fsp3) is 0.429. The normalized spacial score (nSPS) is 25.1. The molecule has 1 fully saturated rings. The number of nitrogens with zero attached hydrogens (tertiary/aromatic N) is 2. The number of para-hydroxylation sites is 1. The molecule has 2 heterocycles. The third-order valence-corrected chi connectivity index (χ3v) is 4.30. The number of nitrogens with one attached hydrogen (secondary N) is 1. The van der Waals surface area contributed by atoms with Gasteiger partial charge in [-0.3, -0.25) is 14.9 Å². The number of carbonyl (C=O) groups is 2. The predicted molar refractivity (Wildman–Crippen MR) is 79.1 cm³/mol. The van der Waals surface area contributed by atoms with Crippen LogP contribution in [0.2, 0.25) is 0 Å². The number of piperidine rings is 1. The molecule has 0 bridgehead atoms. The van der Waals surface area contributed by atoms with Crippen molar-refractivity contribution >= 4 is 34.8 Å². The number of aliphatic hydroxyl groups is 1. The number of aliphatic hydroxyl groups excluding tert-OH is 1. The van der Waals surface area contributed by atoms with E-state index in [2.05, 4.69) is 5.32 Å². The van der Waals surface area contributed by atoms with Crippen LogP contribution in [0.1, 0.15) is 18.4 Å². The Morgan fingerprint density at radius 1 is 1.43 bits per heavy atom. The molecule has 21 heavy (non-hydrogen) atoms. The second kappa shape index (κ2) is 5.20. The van der Waals surface area contributed by atoms with Crippen molar-refractivity contribution in [3.8, 4) is 0 Å². The number of imide groups is 1. The van der Waals surface area contributed by atoms with Gasteiger partial charge in [-0.25, -0.2) is 0 Å². The first-order chi connectivity index (χ1) is 10.0. The molecule has 0 aliphatic carbocycles. The highest BCUT2D eigenvalue weighted by molar-refractivity contribution is 6.17. The second-order valence-corrected chi connectivity index (χ2v) is 5.52. The Balaban J connectivity index is 2.02. The van der Waals surface area contributed by atoms with Crippen molar-refractivity contribution in [3.05, 3.63) is 23.8 Å². The summed E-state index contributed by atoms with van der Waals surface area (Å²) in [6.45, 7) is 0. The molecule has 7 heteroatoms. The summed E-state index contributed by atoms with van der Waals surface area (Å²) in [5, 5.41) is 12.8. The van der Waals surface area contributed by atoms with Crippen molar-refractivity contribution in [2.45, 2.75) is 31.1 Å². The summed E-state index contributed by atoms with van der Waals surface area (Å²) in [6, 6.07) is 5.03. The first-order valence-corrected chi connectivity index (χ1v) is 7.29. The zero-order chi connectivity index (χ0) is 15.1. The Hall–Kier alpha value is -1.79. The lowest BCUT2D eigenvalue weighted by atomic mass is 10.0. The summed E-state index contributed by atoms with van der Waals surface area (Å²) in [5.41, 5.74) is 2.48.